The smallest absolute Gasteiger partial charge is 0.146 e. The molecule has 1 atom stereocenters. The zero-order valence-corrected chi connectivity index (χ0v) is 13.2. The van der Waals surface area contributed by atoms with E-state index in [9.17, 15) is 4.39 Å². The molecular formula is C17H27FN2. The highest BCUT2D eigenvalue weighted by Gasteiger charge is 2.33. The van der Waals surface area contributed by atoms with Gasteiger partial charge in [0, 0.05) is 18.1 Å². The summed E-state index contributed by atoms with van der Waals surface area (Å²) in [5, 5.41) is 3.40. The number of nitrogens with one attached hydrogen (secondary N) is 1. The number of hydrogen-bond acceptors (Lipinski definition) is 2. The van der Waals surface area contributed by atoms with E-state index in [0.717, 1.165) is 43.6 Å². The predicted molar refractivity (Wildman–Crippen MR) is 83.8 cm³/mol. The summed E-state index contributed by atoms with van der Waals surface area (Å²) in [6, 6.07) is 5.89. The van der Waals surface area contributed by atoms with Crippen LogP contribution in [-0.2, 0) is 0 Å². The molecule has 1 aromatic carbocycles. The normalized spacial score (nSPS) is 19.4. The van der Waals surface area contributed by atoms with Gasteiger partial charge in [-0.1, -0.05) is 13.0 Å². The van der Waals surface area contributed by atoms with Crippen LogP contribution in [0.2, 0.25) is 0 Å². The minimum absolute atomic E-state index is 0.0639. The van der Waals surface area contributed by atoms with E-state index < -0.39 is 0 Å². The molecule has 1 aromatic rings. The van der Waals surface area contributed by atoms with Crippen molar-refractivity contribution >= 4 is 5.69 Å². The number of anilines is 1. The fourth-order valence-corrected chi connectivity index (χ4v) is 3.04. The van der Waals surface area contributed by atoms with Crippen LogP contribution in [0.1, 0.15) is 58.6 Å². The van der Waals surface area contributed by atoms with Gasteiger partial charge in [-0.2, -0.15) is 0 Å². The molecule has 1 saturated heterocycles. The molecule has 2 rings (SSSR count). The van der Waals surface area contributed by atoms with Gasteiger partial charge in [-0.25, -0.2) is 4.39 Å². The predicted octanol–water partition coefficient (Wildman–Crippen LogP) is 4.27. The Morgan fingerprint density at radius 2 is 2.15 bits per heavy atom. The van der Waals surface area contributed by atoms with Crippen LogP contribution >= 0.6 is 0 Å². The van der Waals surface area contributed by atoms with Gasteiger partial charge in [0.15, 0.2) is 0 Å². The van der Waals surface area contributed by atoms with Gasteiger partial charge < -0.3 is 10.2 Å². The Morgan fingerprint density at radius 1 is 1.40 bits per heavy atom. The van der Waals surface area contributed by atoms with Crippen LogP contribution in [0.15, 0.2) is 18.2 Å². The Balaban J connectivity index is 2.18. The van der Waals surface area contributed by atoms with Crippen molar-refractivity contribution < 1.29 is 4.39 Å². The van der Waals surface area contributed by atoms with Gasteiger partial charge in [0.25, 0.3) is 0 Å². The average Bonchev–Trinajstić information content (AvgIpc) is 2.75. The zero-order chi connectivity index (χ0) is 14.8. The maximum Gasteiger partial charge on any atom is 0.146 e. The molecule has 1 aliphatic rings. The quantitative estimate of drug-likeness (QED) is 0.865. The number of hydrogen-bond donors (Lipinski definition) is 1. The largest absolute Gasteiger partial charge is 0.364 e. The molecule has 1 fully saturated rings. The van der Waals surface area contributed by atoms with Crippen LogP contribution in [0.4, 0.5) is 10.1 Å². The Labute approximate surface area is 122 Å². The molecule has 112 valence electrons. The number of rotatable bonds is 5. The van der Waals surface area contributed by atoms with Crippen molar-refractivity contribution in [2.45, 2.75) is 58.5 Å². The highest BCUT2D eigenvalue weighted by Crippen LogP contribution is 2.35. The Morgan fingerprint density at radius 3 is 2.70 bits per heavy atom. The maximum atomic E-state index is 14.5. The lowest BCUT2D eigenvalue weighted by molar-refractivity contribution is 0.505. The highest BCUT2D eigenvalue weighted by molar-refractivity contribution is 5.52. The van der Waals surface area contributed by atoms with E-state index in [0.29, 0.717) is 0 Å². The third kappa shape index (κ3) is 3.14. The molecule has 2 nitrogen and oxygen atoms in total. The SMILES string of the molecule is CCCNC(C)c1ccc(N2CCCC2(C)C)c(F)c1. The molecular weight excluding hydrogens is 251 g/mol. The molecule has 0 spiro atoms. The van der Waals surface area contributed by atoms with E-state index in [1.165, 1.54) is 0 Å². The molecule has 0 saturated carbocycles. The minimum Gasteiger partial charge on any atom is -0.364 e. The molecule has 1 unspecified atom stereocenters. The van der Waals surface area contributed by atoms with E-state index in [-0.39, 0.29) is 17.4 Å². The van der Waals surface area contributed by atoms with Crippen LogP contribution in [0.3, 0.4) is 0 Å². The first kappa shape index (κ1) is 15.3. The molecule has 0 aliphatic carbocycles. The van der Waals surface area contributed by atoms with Gasteiger partial charge in [0.2, 0.25) is 0 Å². The van der Waals surface area contributed by atoms with Gasteiger partial charge in [-0.15, -0.1) is 0 Å². The first-order valence-electron chi connectivity index (χ1n) is 7.76. The summed E-state index contributed by atoms with van der Waals surface area (Å²) in [6.07, 6.45) is 3.36. The third-order valence-corrected chi connectivity index (χ3v) is 4.36. The standard InChI is InChI=1S/C17H27FN2/c1-5-10-19-13(2)14-7-8-16(15(18)12-14)20-11-6-9-17(20,3)4/h7-8,12-13,19H,5-6,9-11H2,1-4H3. The van der Waals surface area contributed by atoms with Crippen molar-refractivity contribution in [1.29, 1.82) is 0 Å². The number of nitrogens with zero attached hydrogens (tertiary/aromatic N) is 1. The Hall–Kier alpha value is -1.09. The molecule has 1 N–H and O–H groups in total. The third-order valence-electron chi connectivity index (χ3n) is 4.36. The van der Waals surface area contributed by atoms with Crippen LogP contribution in [-0.4, -0.2) is 18.6 Å². The van der Waals surface area contributed by atoms with E-state index in [1.807, 2.05) is 6.07 Å². The molecule has 1 heterocycles. The summed E-state index contributed by atoms with van der Waals surface area (Å²) in [5.41, 5.74) is 1.84. The summed E-state index contributed by atoms with van der Waals surface area (Å²) in [6.45, 7) is 10.5. The molecule has 0 aromatic heterocycles. The van der Waals surface area contributed by atoms with Gasteiger partial charge in [-0.05, 0) is 64.3 Å². The lowest BCUT2D eigenvalue weighted by Crippen LogP contribution is -2.38. The van der Waals surface area contributed by atoms with Crippen molar-refractivity contribution in [3.05, 3.63) is 29.6 Å². The van der Waals surface area contributed by atoms with Crippen molar-refractivity contribution in [2.75, 3.05) is 18.0 Å². The van der Waals surface area contributed by atoms with Crippen LogP contribution in [0.25, 0.3) is 0 Å². The second kappa shape index (κ2) is 6.13. The first-order valence-corrected chi connectivity index (χ1v) is 7.76. The summed E-state index contributed by atoms with van der Waals surface area (Å²) in [4.78, 5) is 2.20. The van der Waals surface area contributed by atoms with Gasteiger partial charge in [-0.3, -0.25) is 0 Å². The van der Waals surface area contributed by atoms with Gasteiger partial charge >= 0.3 is 0 Å². The maximum absolute atomic E-state index is 14.5. The molecule has 0 bridgehead atoms. The second-order valence-electron chi connectivity index (χ2n) is 6.45. The van der Waals surface area contributed by atoms with Crippen molar-refractivity contribution in [3.8, 4) is 0 Å². The minimum atomic E-state index is -0.0948. The molecule has 0 amide bonds. The average molecular weight is 278 g/mol. The van der Waals surface area contributed by atoms with Crippen molar-refractivity contribution in [2.24, 2.45) is 0 Å². The van der Waals surface area contributed by atoms with Crippen molar-refractivity contribution in [3.63, 3.8) is 0 Å². The molecule has 1 aliphatic heterocycles. The number of halogens is 1. The lowest BCUT2D eigenvalue weighted by atomic mass is 10.0. The lowest BCUT2D eigenvalue weighted by Gasteiger charge is -2.34. The van der Waals surface area contributed by atoms with E-state index in [2.05, 4.69) is 44.0 Å². The second-order valence-corrected chi connectivity index (χ2v) is 6.45. The van der Waals surface area contributed by atoms with Crippen LogP contribution in [0, 0.1) is 5.82 Å². The zero-order valence-electron chi connectivity index (χ0n) is 13.2. The first-order chi connectivity index (χ1) is 9.45. The topological polar surface area (TPSA) is 15.3 Å². The molecule has 20 heavy (non-hydrogen) atoms. The van der Waals surface area contributed by atoms with E-state index >= 15 is 0 Å². The number of benzene rings is 1. The van der Waals surface area contributed by atoms with Gasteiger partial charge in [0.1, 0.15) is 5.82 Å². The Bertz CT molecular complexity index is 456. The van der Waals surface area contributed by atoms with E-state index in [1.54, 1.807) is 6.07 Å². The van der Waals surface area contributed by atoms with Gasteiger partial charge in [0.05, 0.1) is 5.69 Å². The fraction of sp³-hybridized carbons (Fsp3) is 0.647. The molecule has 0 radical (unpaired) electrons. The Kier molecular flexibility index (Phi) is 4.69. The summed E-state index contributed by atoms with van der Waals surface area (Å²) < 4.78 is 14.5. The van der Waals surface area contributed by atoms with E-state index in [4.69, 9.17) is 0 Å². The van der Waals surface area contributed by atoms with Crippen molar-refractivity contribution in [1.82, 2.24) is 5.32 Å². The fourth-order valence-electron chi connectivity index (χ4n) is 3.04. The molecule has 3 heteroatoms. The van der Waals surface area contributed by atoms with Crippen LogP contribution < -0.4 is 10.2 Å². The summed E-state index contributed by atoms with van der Waals surface area (Å²) in [5.74, 6) is -0.0948. The monoisotopic (exact) mass is 278 g/mol. The summed E-state index contributed by atoms with van der Waals surface area (Å²) >= 11 is 0. The highest BCUT2D eigenvalue weighted by atomic mass is 19.1. The summed E-state index contributed by atoms with van der Waals surface area (Å²) in [7, 11) is 0. The van der Waals surface area contributed by atoms with Crippen LogP contribution in [0.5, 0.6) is 0 Å².